The highest BCUT2D eigenvalue weighted by Gasteiger charge is 2.52. The number of rotatable bonds is 14. The molecular formula is C26H36FN5O5. The molecule has 37 heavy (non-hydrogen) atoms. The molecule has 11 heteroatoms. The number of carbonyl (C=O) groups excluding carboxylic acids is 2. The first kappa shape index (κ1) is 28.3. The third-order valence-electron chi connectivity index (χ3n) is 6.42. The van der Waals surface area contributed by atoms with Crippen LogP contribution in [0.1, 0.15) is 90.7 Å². The van der Waals surface area contributed by atoms with Crippen molar-refractivity contribution in [2.24, 2.45) is 0 Å². The molecule has 0 saturated carbocycles. The first-order chi connectivity index (χ1) is 17.8. The number of hydrogen-bond donors (Lipinski definition) is 1. The van der Waals surface area contributed by atoms with Gasteiger partial charge in [0.2, 0.25) is 5.60 Å². The molecule has 2 N–H and O–H groups in total. The van der Waals surface area contributed by atoms with Gasteiger partial charge in [-0.05, 0) is 12.8 Å². The van der Waals surface area contributed by atoms with Crippen LogP contribution in [-0.2, 0) is 23.8 Å². The molecule has 1 saturated heterocycles. The molecule has 3 heterocycles. The molecule has 0 spiro atoms. The van der Waals surface area contributed by atoms with Crippen LogP contribution in [0.2, 0.25) is 0 Å². The largest absolute Gasteiger partial charge is 0.461 e. The Kier molecular flexibility index (Phi) is 10.2. The predicted octanol–water partition coefficient (Wildman–Crippen LogP) is 4.23. The number of hydrogen-bond acceptors (Lipinski definition) is 9. The van der Waals surface area contributed by atoms with Crippen molar-refractivity contribution in [2.45, 2.75) is 102 Å². The summed E-state index contributed by atoms with van der Waals surface area (Å²) < 4.78 is 32.6. The number of nitrogens with two attached hydrogens (primary N) is 1. The van der Waals surface area contributed by atoms with Gasteiger partial charge in [0.1, 0.15) is 18.9 Å². The quantitative estimate of drug-likeness (QED) is 0.169. The molecule has 2 aromatic heterocycles. The molecule has 0 amide bonds. The van der Waals surface area contributed by atoms with E-state index in [9.17, 15) is 14.0 Å². The van der Waals surface area contributed by atoms with Crippen molar-refractivity contribution < 1.29 is 28.2 Å². The van der Waals surface area contributed by atoms with Crippen molar-refractivity contribution in [3.63, 3.8) is 0 Å². The van der Waals surface area contributed by atoms with Gasteiger partial charge in [0, 0.05) is 19.3 Å². The molecule has 0 aromatic carbocycles. The number of carbonyl (C=O) groups is 2. The summed E-state index contributed by atoms with van der Waals surface area (Å²) in [7, 11) is 0. The Bertz CT molecular complexity index is 1120. The van der Waals surface area contributed by atoms with Gasteiger partial charge >= 0.3 is 18.0 Å². The van der Waals surface area contributed by atoms with Crippen LogP contribution in [0.25, 0.3) is 11.2 Å². The molecule has 0 aliphatic carbocycles. The zero-order chi connectivity index (χ0) is 26.8. The molecule has 1 aliphatic heterocycles. The Labute approximate surface area is 216 Å². The number of terminal acetylenes is 1. The van der Waals surface area contributed by atoms with Crippen molar-refractivity contribution in [3.05, 3.63) is 12.4 Å². The van der Waals surface area contributed by atoms with Gasteiger partial charge in [-0.1, -0.05) is 58.3 Å². The van der Waals surface area contributed by atoms with Crippen LogP contribution in [-0.4, -0.2) is 49.8 Å². The highest BCUT2D eigenvalue weighted by molar-refractivity contribution is 5.81. The number of fused-ring (bicyclic) bond motifs is 1. The molecule has 3 rings (SSSR count). The average molecular weight is 518 g/mol. The van der Waals surface area contributed by atoms with Crippen LogP contribution in [0.5, 0.6) is 0 Å². The zero-order valence-electron chi connectivity index (χ0n) is 21.6. The smallest absolute Gasteiger partial charge is 0.312 e. The van der Waals surface area contributed by atoms with Crippen LogP contribution in [0.4, 0.5) is 10.2 Å². The van der Waals surface area contributed by atoms with Crippen LogP contribution in [0, 0.1) is 18.4 Å². The maximum atomic E-state index is 13.9. The standard InChI is InChI=1S/C26H36FN5O5/c1-4-7-8-9-10-11-12-14-20(33)35-16-26(6-3)18(36-21(34)13-5-2)15-19(37-26)32-17-29-22-23(28)30-25(27)31-24(22)32/h3,17-19H,4-5,7-16H2,1-2H3,(H2,28,30,31)/t18-,19+,26+/m0/s1. The molecule has 3 atom stereocenters. The van der Waals surface area contributed by atoms with Gasteiger partial charge in [-0.3, -0.25) is 14.2 Å². The van der Waals surface area contributed by atoms with Gasteiger partial charge in [0.15, 0.2) is 17.0 Å². The summed E-state index contributed by atoms with van der Waals surface area (Å²) in [6.07, 6.45) is 13.2. The van der Waals surface area contributed by atoms with Crippen LogP contribution < -0.4 is 5.73 Å². The third kappa shape index (κ3) is 7.16. The van der Waals surface area contributed by atoms with E-state index in [0.717, 1.165) is 25.7 Å². The van der Waals surface area contributed by atoms with E-state index in [4.69, 9.17) is 26.4 Å². The molecule has 202 valence electrons. The second kappa shape index (κ2) is 13.3. The lowest BCUT2D eigenvalue weighted by molar-refractivity contribution is -0.166. The van der Waals surface area contributed by atoms with Crippen LogP contribution in [0.15, 0.2) is 6.33 Å². The highest BCUT2D eigenvalue weighted by Crippen LogP contribution is 2.40. The first-order valence-electron chi connectivity index (χ1n) is 13.0. The van der Waals surface area contributed by atoms with Crippen molar-refractivity contribution in [3.8, 4) is 12.3 Å². The summed E-state index contributed by atoms with van der Waals surface area (Å²) >= 11 is 0. The number of imidazole rings is 1. The van der Waals surface area contributed by atoms with Crippen molar-refractivity contribution in [1.29, 1.82) is 0 Å². The summed E-state index contributed by atoms with van der Waals surface area (Å²) in [4.78, 5) is 36.2. The zero-order valence-corrected chi connectivity index (χ0v) is 21.6. The maximum absolute atomic E-state index is 13.9. The van der Waals surface area contributed by atoms with Crippen molar-refractivity contribution in [1.82, 2.24) is 19.5 Å². The number of ether oxygens (including phenoxy) is 3. The second-order valence-electron chi connectivity index (χ2n) is 9.30. The summed E-state index contributed by atoms with van der Waals surface area (Å²) in [5.41, 5.74) is 4.55. The van der Waals surface area contributed by atoms with Gasteiger partial charge in [-0.25, -0.2) is 4.98 Å². The van der Waals surface area contributed by atoms with Crippen LogP contribution >= 0.6 is 0 Å². The van der Waals surface area contributed by atoms with Gasteiger partial charge in [-0.2, -0.15) is 14.4 Å². The third-order valence-corrected chi connectivity index (χ3v) is 6.42. The molecule has 0 unspecified atom stereocenters. The van der Waals surface area contributed by atoms with E-state index in [1.165, 1.54) is 30.2 Å². The monoisotopic (exact) mass is 517 g/mol. The normalized spacial score (nSPS) is 21.1. The minimum Gasteiger partial charge on any atom is -0.461 e. The van der Waals surface area contributed by atoms with Gasteiger partial charge < -0.3 is 19.9 Å². The molecule has 1 fully saturated rings. The fourth-order valence-corrected chi connectivity index (χ4v) is 4.38. The number of esters is 2. The van der Waals surface area contributed by atoms with E-state index in [1.807, 2.05) is 6.92 Å². The van der Waals surface area contributed by atoms with Crippen molar-refractivity contribution >= 4 is 28.9 Å². The Morgan fingerprint density at radius 2 is 1.89 bits per heavy atom. The lowest BCUT2D eigenvalue weighted by atomic mass is 9.98. The molecule has 2 aromatic rings. The Morgan fingerprint density at radius 3 is 2.59 bits per heavy atom. The second-order valence-corrected chi connectivity index (χ2v) is 9.30. The Balaban J connectivity index is 1.70. The first-order valence-corrected chi connectivity index (χ1v) is 13.0. The number of aromatic nitrogens is 4. The molecular weight excluding hydrogens is 481 g/mol. The lowest BCUT2D eigenvalue weighted by Gasteiger charge is -2.28. The van der Waals surface area contributed by atoms with Crippen molar-refractivity contribution in [2.75, 3.05) is 12.3 Å². The number of halogens is 1. The van der Waals surface area contributed by atoms with Gasteiger partial charge in [-0.15, -0.1) is 6.42 Å². The van der Waals surface area contributed by atoms with E-state index in [2.05, 4.69) is 27.8 Å². The van der Waals surface area contributed by atoms with E-state index < -0.39 is 35.9 Å². The van der Waals surface area contributed by atoms with E-state index in [1.54, 1.807) is 0 Å². The number of nitrogens with zero attached hydrogens (tertiary/aromatic N) is 4. The fraction of sp³-hybridized carbons (Fsp3) is 0.654. The SMILES string of the molecule is C#C[C@]1(COC(=O)CCCCCCCCC)O[C@@H](n2cnc3c(N)nc(F)nc32)C[C@@H]1OC(=O)CCC. The lowest BCUT2D eigenvalue weighted by Crippen LogP contribution is -2.45. The number of nitrogen functional groups attached to an aromatic ring is 1. The van der Waals surface area contributed by atoms with Crippen LogP contribution in [0.3, 0.4) is 0 Å². The van der Waals surface area contributed by atoms with E-state index >= 15 is 0 Å². The van der Waals surface area contributed by atoms with Gasteiger partial charge in [0.25, 0.3) is 0 Å². The minimum absolute atomic E-state index is 0.109. The number of unbranched alkanes of at least 4 members (excludes halogenated alkanes) is 6. The summed E-state index contributed by atoms with van der Waals surface area (Å²) in [6, 6.07) is 0. The average Bonchev–Trinajstić information content (AvgIpc) is 3.44. The van der Waals surface area contributed by atoms with E-state index in [0.29, 0.717) is 6.42 Å². The maximum Gasteiger partial charge on any atom is 0.312 e. The molecule has 0 bridgehead atoms. The predicted molar refractivity (Wildman–Crippen MR) is 134 cm³/mol. The molecule has 1 aliphatic rings. The Hall–Kier alpha value is -3.26. The molecule has 0 radical (unpaired) electrons. The van der Waals surface area contributed by atoms with Gasteiger partial charge in [0.05, 0.1) is 6.33 Å². The Morgan fingerprint density at radius 1 is 1.16 bits per heavy atom. The molecule has 10 nitrogen and oxygen atoms in total. The highest BCUT2D eigenvalue weighted by atomic mass is 19.1. The minimum atomic E-state index is -1.53. The van der Waals surface area contributed by atoms with E-state index in [-0.39, 0.29) is 42.9 Å². The topological polar surface area (TPSA) is 131 Å². The summed E-state index contributed by atoms with van der Waals surface area (Å²) in [5, 5.41) is 0. The summed E-state index contributed by atoms with van der Waals surface area (Å²) in [5.74, 6) is 1.59. The fourth-order valence-electron chi connectivity index (χ4n) is 4.38. The number of anilines is 1. The summed E-state index contributed by atoms with van der Waals surface area (Å²) in [6.45, 7) is 3.73.